The second-order valence-corrected chi connectivity index (χ2v) is 1.91. The van der Waals surface area contributed by atoms with Crippen molar-refractivity contribution in [2.45, 2.75) is 13.8 Å². The summed E-state index contributed by atoms with van der Waals surface area (Å²) in [5, 5.41) is 0. The van der Waals surface area contributed by atoms with E-state index in [1.807, 2.05) is 26.0 Å². The number of pyridine rings is 1. The Morgan fingerprint density at radius 2 is 2.00 bits per heavy atom. The zero-order valence-corrected chi connectivity index (χ0v) is 8.36. The Hall–Kier alpha value is 0.206. The van der Waals surface area contributed by atoms with Crippen LogP contribution in [0.5, 0.6) is 0 Å². The van der Waals surface area contributed by atoms with Gasteiger partial charge in [0, 0.05) is 0 Å². The molecular weight excluding hydrogens is 158 g/mol. The van der Waals surface area contributed by atoms with Gasteiger partial charge in [-0.05, 0) is 0 Å². The summed E-state index contributed by atoms with van der Waals surface area (Å²) >= 11 is 0. The van der Waals surface area contributed by atoms with E-state index in [-0.39, 0.29) is 35.5 Å². The number of rotatable bonds is 0. The molecule has 3 heteroatoms. The van der Waals surface area contributed by atoms with Gasteiger partial charge in [0.25, 0.3) is 0 Å². The maximum Gasteiger partial charge on any atom is 2.00 e. The summed E-state index contributed by atoms with van der Waals surface area (Å²) < 4.78 is 0. The molecule has 0 aromatic carbocycles. The monoisotopic (exact) mass is 165 g/mol. The number of aryl methyl sites for hydroxylation is 2. The molecule has 0 aliphatic carbocycles. The van der Waals surface area contributed by atoms with E-state index >= 15 is 0 Å². The third-order valence-electron chi connectivity index (χ3n) is 0.970. The zero-order valence-electron chi connectivity index (χ0n) is 6.19. The van der Waals surface area contributed by atoms with Crippen LogP contribution >= 0.6 is 0 Å². The van der Waals surface area contributed by atoms with E-state index in [9.17, 15) is 0 Å². The van der Waals surface area contributed by atoms with Crippen molar-refractivity contribution >= 4 is 23.1 Å². The first-order valence-corrected chi connectivity index (χ1v) is 2.60. The first-order valence-electron chi connectivity index (χ1n) is 2.60. The summed E-state index contributed by atoms with van der Waals surface area (Å²) in [5.74, 6) is 0. The standard InChI is InChI=1S/C7H8N.ClH.Mg/c1-6-3-4-8-7(2)5-6;;/h3,5H,1-2H3;1H;/q-1;;+2/p-1. The van der Waals surface area contributed by atoms with E-state index in [0.29, 0.717) is 0 Å². The molecule has 1 rings (SSSR count). The molecule has 0 amide bonds. The minimum Gasteiger partial charge on any atom is -1.00 e. The molecule has 0 bridgehead atoms. The van der Waals surface area contributed by atoms with Gasteiger partial charge in [-0.3, -0.25) is 0 Å². The fraction of sp³-hybridized carbons (Fsp3) is 0.286. The van der Waals surface area contributed by atoms with E-state index in [1.54, 1.807) is 0 Å². The van der Waals surface area contributed by atoms with E-state index in [0.717, 1.165) is 5.69 Å². The average Bonchev–Trinajstić information content (AvgIpc) is 1.64. The number of nitrogens with zero attached hydrogens (tertiary/aromatic N) is 1. The molecule has 0 saturated heterocycles. The second-order valence-electron chi connectivity index (χ2n) is 1.91. The number of hydrogen-bond acceptors (Lipinski definition) is 1. The SMILES string of the molecule is Cc1c[c-]nc(C)c1.[Cl-].[Mg+2]. The van der Waals surface area contributed by atoms with Crippen LogP contribution in [0.3, 0.4) is 0 Å². The molecule has 1 aromatic heterocycles. The molecule has 1 aromatic rings. The van der Waals surface area contributed by atoms with Crippen molar-refractivity contribution in [3.8, 4) is 0 Å². The van der Waals surface area contributed by atoms with Gasteiger partial charge in [-0.15, -0.1) is 6.07 Å². The van der Waals surface area contributed by atoms with Crippen LogP contribution < -0.4 is 12.4 Å². The molecule has 0 fully saturated rings. The van der Waals surface area contributed by atoms with Crippen LogP contribution in [0.25, 0.3) is 0 Å². The minimum absolute atomic E-state index is 0. The Labute approximate surface area is 83.8 Å². The van der Waals surface area contributed by atoms with Crippen LogP contribution in [0.15, 0.2) is 12.1 Å². The number of aromatic nitrogens is 1. The van der Waals surface area contributed by atoms with Gasteiger partial charge >= 0.3 is 23.1 Å². The molecule has 1 nitrogen and oxygen atoms in total. The van der Waals surface area contributed by atoms with Gasteiger partial charge in [0.05, 0.1) is 0 Å². The van der Waals surface area contributed by atoms with Crippen LogP contribution in [0.4, 0.5) is 0 Å². The Morgan fingerprint density at radius 3 is 2.30 bits per heavy atom. The third kappa shape index (κ3) is 4.09. The summed E-state index contributed by atoms with van der Waals surface area (Å²) in [6.45, 7) is 3.99. The van der Waals surface area contributed by atoms with Crippen molar-refractivity contribution < 1.29 is 12.4 Å². The summed E-state index contributed by atoms with van der Waals surface area (Å²) in [6.07, 6.45) is 2.78. The first kappa shape index (κ1) is 12.8. The summed E-state index contributed by atoms with van der Waals surface area (Å²) in [5.41, 5.74) is 2.25. The van der Waals surface area contributed by atoms with Crippen molar-refractivity contribution in [3.63, 3.8) is 0 Å². The topological polar surface area (TPSA) is 12.9 Å². The number of halogens is 1. The van der Waals surface area contributed by atoms with Crippen LogP contribution in [0.1, 0.15) is 11.3 Å². The molecule has 0 spiro atoms. The van der Waals surface area contributed by atoms with Crippen molar-refractivity contribution in [2.75, 3.05) is 0 Å². The normalized spacial score (nSPS) is 7.40. The fourth-order valence-corrected chi connectivity index (χ4v) is 0.639. The van der Waals surface area contributed by atoms with Gasteiger partial charge in [0.1, 0.15) is 0 Å². The van der Waals surface area contributed by atoms with E-state index < -0.39 is 0 Å². The van der Waals surface area contributed by atoms with Crippen LogP contribution in [-0.2, 0) is 0 Å². The van der Waals surface area contributed by atoms with Gasteiger partial charge in [0.2, 0.25) is 0 Å². The Morgan fingerprint density at radius 1 is 1.40 bits per heavy atom. The van der Waals surface area contributed by atoms with E-state index in [1.165, 1.54) is 5.56 Å². The van der Waals surface area contributed by atoms with Crippen molar-refractivity contribution in [1.82, 2.24) is 4.98 Å². The summed E-state index contributed by atoms with van der Waals surface area (Å²) in [4.78, 5) is 3.92. The second kappa shape index (κ2) is 5.95. The maximum absolute atomic E-state index is 3.92. The Bertz CT molecular complexity index is 173. The minimum atomic E-state index is 0. The molecule has 0 atom stereocenters. The maximum atomic E-state index is 3.92. The molecule has 0 radical (unpaired) electrons. The molecule has 0 saturated carbocycles. The van der Waals surface area contributed by atoms with Crippen LogP contribution in [0, 0.1) is 20.0 Å². The van der Waals surface area contributed by atoms with Crippen molar-refractivity contribution in [3.05, 3.63) is 29.6 Å². The van der Waals surface area contributed by atoms with Gasteiger partial charge < -0.3 is 17.4 Å². The molecule has 0 aliphatic rings. The quantitative estimate of drug-likeness (QED) is 0.324. The smallest absolute Gasteiger partial charge is 1.00 e. The summed E-state index contributed by atoms with van der Waals surface area (Å²) in [6, 6.07) is 3.89. The molecule has 0 N–H and O–H groups in total. The average molecular weight is 166 g/mol. The predicted octanol–water partition coefficient (Wildman–Crippen LogP) is -1.88. The fourth-order valence-electron chi connectivity index (χ4n) is 0.639. The van der Waals surface area contributed by atoms with Gasteiger partial charge in [-0.1, -0.05) is 25.7 Å². The molecule has 1 heterocycles. The van der Waals surface area contributed by atoms with Gasteiger partial charge in [-0.25, -0.2) is 0 Å². The molecule has 10 heavy (non-hydrogen) atoms. The Balaban J connectivity index is 0. The van der Waals surface area contributed by atoms with E-state index in [2.05, 4.69) is 11.2 Å². The van der Waals surface area contributed by atoms with Crippen LogP contribution in [0.2, 0.25) is 0 Å². The molecular formula is C7H8ClMgN. The summed E-state index contributed by atoms with van der Waals surface area (Å²) in [7, 11) is 0. The third-order valence-corrected chi connectivity index (χ3v) is 0.970. The van der Waals surface area contributed by atoms with Crippen LogP contribution in [-0.4, -0.2) is 28.0 Å². The Kier molecular flexibility index (Phi) is 7.65. The van der Waals surface area contributed by atoms with Gasteiger partial charge in [-0.2, -0.15) is 11.6 Å². The van der Waals surface area contributed by atoms with E-state index in [4.69, 9.17) is 0 Å². The van der Waals surface area contributed by atoms with Crippen molar-refractivity contribution in [2.24, 2.45) is 0 Å². The first-order chi connectivity index (χ1) is 3.79. The predicted molar refractivity (Wildman–Crippen MR) is 38.3 cm³/mol. The number of hydrogen-bond donors (Lipinski definition) is 0. The largest absolute Gasteiger partial charge is 2.00 e. The molecule has 0 unspecified atom stereocenters. The van der Waals surface area contributed by atoms with Crippen molar-refractivity contribution in [1.29, 1.82) is 0 Å². The van der Waals surface area contributed by atoms with Gasteiger partial charge in [0.15, 0.2) is 0 Å². The molecule has 0 aliphatic heterocycles. The molecule has 50 valence electrons. The zero-order chi connectivity index (χ0) is 5.98.